The number of carbonyl (C=O) groups excluding carboxylic acids is 2. The number of aromatic nitrogens is 1. The van der Waals surface area contributed by atoms with Crippen molar-refractivity contribution in [2.45, 2.75) is 46.3 Å². The number of fused-ring (bicyclic) bond motifs is 1. The Kier molecular flexibility index (Phi) is 5.27. The summed E-state index contributed by atoms with van der Waals surface area (Å²) in [7, 11) is 0. The molecule has 0 saturated carbocycles. The number of anilines is 1. The van der Waals surface area contributed by atoms with Crippen LogP contribution < -0.4 is 5.32 Å². The third kappa shape index (κ3) is 4.45. The normalized spacial score (nSPS) is 17.7. The topological polar surface area (TPSA) is 99.2 Å². The van der Waals surface area contributed by atoms with Gasteiger partial charge in [0.15, 0.2) is 5.78 Å². The fourth-order valence-electron chi connectivity index (χ4n) is 3.63. The van der Waals surface area contributed by atoms with Gasteiger partial charge < -0.3 is 15.0 Å². The summed E-state index contributed by atoms with van der Waals surface area (Å²) in [5.41, 5.74) is 9.37. The summed E-state index contributed by atoms with van der Waals surface area (Å²) in [4.78, 5) is 39.4. The van der Waals surface area contributed by atoms with E-state index in [1.165, 1.54) is 4.90 Å². The first-order valence-electron chi connectivity index (χ1n) is 10.2. The van der Waals surface area contributed by atoms with Crippen molar-refractivity contribution < 1.29 is 14.3 Å². The van der Waals surface area contributed by atoms with Gasteiger partial charge in [-0.1, -0.05) is 11.8 Å². The van der Waals surface area contributed by atoms with Crippen molar-refractivity contribution in [3.8, 4) is 0 Å². The fourth-order valence-corrected chi connectivity index (χ4v) is 3.63. The number of rotatable bonds is 3. The van der Waals surface area contributed by atoms with Gasteiger partial charge in [-0.05, 0) is 45.6 Å². The van der Waals surface area contributed by atoms with E-state index in [9.17, 15) is 9.59 Å². The van der Waals surface area contributed by atoms with Crippen LogP contribution in [0.4, 0.5) is 10.5 Å². The van der Waals surface area contributed by atoms with Crippen LogP contribution in [-0.4, -0.2) is 52.0 Å². The number of hydrogen-bond donors (Lipinski definition) is 2. The molecule has 1 amide bonds. The molecule has 0 radical (unpaired) electrons. The van der Waals surface area contributed by atoms with E-state index in [1.807, 2.05) is 19.1 Å². The van der Waals surface area contributed by atoms with E-state index >= 15 is 0 Å². The summed E-state index contributed by atoms with van der Waals surface area (Å²) in [6.45, 7) is 8.09. The number of nitrogens with one attached hydrogen (secondary N) is 2. The molecular weight excluding hydrogens is 394 g/mol. The van der Waals surface area contributed by atoms with E-state index in [2.05, 4.69) is 31.7 Å². The highest BCUT2D eigenvalue weighted by Gasteiger charge is 2.35. The van der Waals surface area contributed by atoms with Crippen molar-refractivity contribution in [1.82, 2.24) is 9.88 Å². The Morgan fingerprint density at radius 1 is 1.32 bits per heavy atom. The van der Waals surface area contributed by atoms with Gasteiger partial charge in [0.25, 0.3) is 0 Å². The summed E-state index contributed by atoms with van der Waals surface area (Å²) >= 11 is 0. The minimum absolute atomic E-state index is 0.0501. The number of nitrogens with zero attached hydrogens (tertiary/aromatic N) is 3. The molecule has 0 fully saturated rings. The van der Waals surface area contributed by atoms with E-state index in [0.717, 1.165) is 11.4 Å². The molecule has 1 aliphatic carbocycles. The maximum absolute atomic E-state index is 13.1. The Balaban J connectivity index is 1.75. The molecule has 8 nitrogen and oxygen atoms in total. The molecule has 0 unspecified atom stereocenters. The number of amidine groups is 1. The van der Waals surface area contributed by atoms with Crippen molar-refractivity contribution in [2.75, 3.05) is 18.4 Å². The standard InChI is InChI=1S/C23H25N5O3/c1-14-24-11-10-16(25-14)20-21(26-15-8-6-5-7-9-15)19-17(27-20)12-28(13-18(19)29)22(30)31-23(2,3)4/h5-6,8,26-27H,10-13H2,1-4H3. The Bertz CT molecular complexity index is 1150. The molecule has 8 heteroatoms. The second-order valence-corrected chi connectivity index (χ2v) is 8.56. The van der Waals surface area contributed by atoms with E-state index in [4.69, 9.17) is 4.74 Å². The fraction of sp³-hybridized carbons (Fsp3) is 0.391. The maximum atomic E-state index is 13.1. The van der Waals surface area contributed by atoms with Crippen LogP contribution in [0.3, 0.4) is 0 Å². The lowest BCUT2D eigenvalue weighted by atomic mass is 10.0. The van der Waals surface area contributed by atoms with Crippen LogP contribution >= 0.6 is 0 Å². The number of amides is 1. The largest absolute Gasteiger partial charge is 0.444 e. The Hall–Kier alpha value is -3.60. The number of Topliss-reactive ketones (excluding diaryl/α,β-unsaturated/α-hetero) is 1. The minimum Gasteiger partial charge on any atom is -0.444 e. The maximum Gasteiger partial charge on any atom is 0.411 e. The summed E-state index contributed by atoms with van der Waals surface area (Å²) in [6, 6.07) is 0. The average molecular weight is 419 g/mol. The van der Waals surface area contributed by atoms with E-state index in [-0.39, 0.29) is 18.9 Å². The van der Waals surface area contributed by atoms with Crippen molar-refractivity contribution in [2.24, 2.45) is 9.98 Å². The van der Waals surface area contributed by atoms with Crippen LogP contribution in [0.2, 0.25) is 0 Å². The number of hydrogen-bond acceptors (Lipinski definition) is 6. The van der Waals surface area contributed by atoms with Crippen LogP contribution in [0.15, 0.2) is 45.4 Å². The zero-order chi connectivity index (χ0) is 22.2. The monoisotopic (exact) mass is 419 g/mol. The quantitative estimate of drug-likeness (QED) is 0.729. The van der Waals surface area contributed by atoms with E-state index in [0.29, 0.717) is 41.4 Å². The van der Waals surface area contributed by atoms with E-state index < -0.39 is 11.7 Å². The van der Waals surface area contributed by atoms with Crippen molar-refractivity contribution >= 4 is 29.1 Å². The van der Waals surface area contributed by atoms with Gasteiger partial charge in [-0.15, -0.1) is 0 Å². The smallest absolute Gasteiger partial charge is 0.411 e. The molecule has 3 heterocycles. The highest BCUT2D eigenvalue weighted by molar-refractivity contribution is 6.15. The van der Waals surface area contributed by atoms with Crippen LogP contribution in [-0.2, 0) is 11.3 Å². The summed E-state index contributed by atoms with van der Waals surface area (Å²) in [6.07, 6.45) is 5.60. The molecular formula is C23H25N5O3. The van der Waals surface area contributed by atoms with Gasteiger partial charge in [-0.25, -0.2) is 9.79 Å². The molecule has 160 valence electrons. The Morgan fingerprint density at radius 3 is 2.81 bits per heavy atom. The third-order valence-corrected chi connectivity index (χ3v) is 4.88. The van der Waals surface area contributed by atoms with Crippen LogP contribution in [0.1, 0.15) is 55.9 Å². The lowest BCUT2D eigenvalue weighted by molar-refractivity contribution is 0.0218. The Morgan fingerprint density at radius 2 is 2.13 bits per heavy atom. The predicted octanol–water partition coefficient (Wildman–Crippen LogP) is 3.74. The number of aromatic amines is 1. The Labute approximate surface area is 180 Å². The van der Waals surface area contributed by atoms with E-state index in [1.54, 1.807) is 26.8 Å². The van der Waals surface area contributed by atoms with Gasteiger partial charge in [0.1, 0.15) is 11.4 Å². The predicted molar refractivity (Wildman–Crippen MR) is 119 cm³/mol. The average Bonchev–Trinajstić information content (AvgIpc) is 3.06. The third-order valence-electron chi connectivity index (χ3n) is 4.88. The van der Waals surface area contributed by atoms with Crippen LogP contribution in [0, 0.1) is 0 Å². The van der Waals surface area contributed by atoms with Gasteiger partial charge in [0, 0.05) is 18.7 Å². The molecule has 3 aliphatic rings. The number of ketones is 1. The number of H-pyrrole nitrogens is 1. The highest BCUT2D eigenvalue weighted by Crippen LogP contribution is 2.33. The first-order valence-corrected chi connectivity index (χ1v) is 10.2. The first kappa shape index (κ1) is 20.7. The van der Waals surface area contributed by atoms with Gasteiger partial charge in [-0.3, -0.25) is 14.7 Å². The number of ether oxygens (including phenoxy) is 1. The molecule has 2 aliphatic heterocycles. The second kappa shape index (κ2) is 7.91. The first-order chi connectivity index (χ1) is 14.7. The lowest BCUT2D eigenvalue weighted by Gasteiger charge is -2.29. The highest BCUT2D eigenvalue weighted by atomic mass is 16.6. The number of aliphatic imine (C=N–C) groups is 2. The summed E-state index contributed by atoms with van der Waals surface area (Å²) < 4.78 is 5.46. The zero-order valence-electron chi connectivity index (χ0n) is 18.1. The van der Waals surface area contributed by atoms with Crippen molar-refractivity contribution in [1.29, 1.82) is 0 Å². The molecule has 0 atom stereocenters. The van der Waals surface area contributed by atoms with Gasteiger partial charge >= 0.3 is 6.09 Å². The van der Waals surface area contributed by atoms with Crippen LogP contribution in [0.25, 0.3) is 0 Å². The zero-order valence-corrected chi connectivity index (χ0v) is 18.1. The van der Waals surface area contributed by atoms with Crippen molar-refractivity contribution in [3.63, 3.8) is 0 Å². The molecule has 0 saturated heterocycles. The SMILES string of the molecule is CC1=NCCC(c2[nH]c3c(c2NC2=C=C=CC=C2)C(=O)CN(C(=O)OC(C)(C)C)C3)=N1. The molecule has 1 aromatic heterocycles. The molecule has 1 aromatic rings. The molecule has 31 heavy (non-hydrogen) atoms. The summed E-state index contributed by atoms with van der Waals surface area (Å²) in [5, 5.41) is 3.31. The molecule has 0 aromatic carbocycles. The van der Waals surface area contributed by atoms with Crippen molar-refractivity contribution in [3.05, 3.63) is 52.3 Å². The molecule has 0 bridgehead atoms. The van der Waals surface area contributed by atoms with Crippen LogP contribution in [0.5, 0.6) is 0 Å². The second-order valence-electron chi connectivity index (χ2n) is 8.56. The van der Waals surface area contributed by atoms with Gasteiger partial charge in [0.05, 0.1) is 41.4 Å². The van der Waals surface area contributed by atoms with Gasteiger partial charge in [0.2, 0.25) is 0 Å². The lowest BCUT2D eigenvalue weighted by Crippen LogP contribution is -2.42. The number of allylic oxidation sites excluding steroid dienone is 3. The molecule has 0 spiro atoms. The molecule has 4 rings (SSSR count). The minimum atomic E-state index is -0.638. The number of carbonyl (C=O) groups is 2. The van der Waals surface area contributed by atoms with Gasteiger partial charge in [-0.2, -0.15) is 0 Å². The molecule has 2 N–H and O–H groups in total. The summed E-state index contributed by atoms with van der Waals surface area (Å²) in [5.74, 6) is 0.528.